The molecule has 0 aliphatic rings. The number of aromatic nitrogens is 5. The van der Waals surface area contributed by atoms with E-state index < -0.39 is 10.8 Å². The highest BCUT2D eigenvalue weighted by Crippen LogP contribution is 2.24. The Morgan fingerprint density at radius 2 is 1.94 bits per heavy atom. The van der Waals surface area contributed by atoms with E-state index in [2.05, 4.69) is 20.7 Å². The Morgan fingerprint density at radius 1 is 1.16 bits per heavy atom. The van der Waals surface area contributed by atoms with Crippen LogP contribution in [0, 0.1) is 17.0 Å². The van der Waals surface area contributed by atoms with E-state index >= 15 is 0 Å². The molecule has 1 N–H and O–H groups in total. The molecule has 11 nitrogen and oxygen atoms in total. The molecule has 0 bridgehead atoms. The van der Waals surface area contributed by atoms with Crippen LogP contribution in [0.3, 0.4) is 0 Å². The summed E-state index contributed by atoms with van der Waals surface area (Å²) < 4.78 is 8.02. The first-order valence-corrected chi connectivity index (χ1v) is 9.98. The van der Waals surface area contributed by atoms with Gasteiger partial charge in [0.25, 0.3) is 5.91 Å². The van der Waals surface area contributed by atoms with Crippen molar-refractivity contribution in [1.82, 2.24) is 24.7 Å². The molecular weight excluding hydrogens is 461 g/mol. The molecule has 1 amide bonds. The maximum Gasteiger partial charge on any atom is 0.389 e. The lowest BCUT2D eigenvalue weighted by Gasteiger charge is -2.04. The molecular formula is C19H15Cl2N7O4. The van der Waals surface area contributed by atoms with Crippen molar-refractivity contribution in [2.75, 3.05) is 5.32 Å². The predicted octanol–water partition coefficient (Wildman–Crippen LogP) is 3.94. The number of hydrogen-bond donors (Lipinski definition) is 1. The number of anilines is 1. The lowest BCUT2D eigenvalue weighted by atomic mass is 10.2. The van der Waals surface area contributed by atoms with Crippen LogP contribution in [-0.4, -0.2) is 35.5 Å². The van der Waals surface area contributed by atoms with Crippen molar-refractivity contribution in [1.29, 1.82) is 0 Å². The summed E-state index contributed by atoms with van der Waals surface area (Å²) in [7, 11) is 0. The third-order valence-corrected chi connectivity index (χ3v) is 5.22. The summed E-state index contributed by atoms with van der Waals surface area (Å²) in [5, 5.41) is 26.2. The number of amides is 1. The lowest BCUT2D eigenvalue weighted by Crippen LogP contribution is -2.17. The van der Waals surface area contributed by atoms with Gasteiger partial charge in [-0.25, -0.2) is 0 Å². The smallest absolute Gasteiger partial charge is 0.361 e. The van der Waals surface area contributed by atoms with Gasteiger partial charge in [-0.15, -0.1) is 0 Å². The van der Waals surface area contributed by atoms with Gasteiger partial charge < -0.3 is 20.0 Å². The van der Waals surface area contributed by atoms with Gasteiger partial charge in [0.05, 0.1) is 36.0 Å². The number of benzene rings is 1. The highest BCUT2D eigenvalue weighted by Gasteiger charge is 2.24. The number of nitrogens with zero attached hydrogens (tertiary/aromatic N) is 6. The summed E-state index contributed by atoms with van der Waals surface area (Å²) in [4.78, 5) is 23.1. The fraction of sp³-hybridized carbons (Fsp3) is 0.158. The topological polar surface area (TPSA) is 134 Å². The molecule has 1 aromatic carbocycles. The molecule has 0 aliphatic heterocycles. The third-order valence-electron chi connectivity index (χ3n) is 4.57. The first kappa shape index (κ1) is 21.5. The molecule has 0 radical (unpaired) electrons. The lowest BCUT2D eigenvalue weighted by molar-refractivity contribution is -0.389. The quantitative estimate of drug-likeness (QED) is 0.315. The molecule has 4 rings (SSSR count). The van der Waals surface area contributed by atoms with Crippen molar-refractivity contribution >= 4 is 40.7 Å². The van der Waals surface area contributed by atoms with Crippen LogP contribution in [0.2, 0.25) is 10.0 Å². The zero-order chi connectivity index (χ0) is 22.8. The van der Waals surface area contributed by atoms with Gasteiger partial charge in [0.2, 0.25) is 0 Å². The summed E-state index contributed by atoms with van der Waals surface area (Å²) in [5.74, 6) is -0.377. The van der Waals surface area contributed by atoms with E-state index in [1.165, 1.54) is 16.9 Å². The maximum absolute atomic E-state index is 12.8. The van der Waals surface area contributed by atoms with Crippen molar-refractivity contribution in [2.24, 2.45) is 0 Å². The molecule has 3 aromatic heterocycles. The van der Waals surface area contributed by atoms with Gasteiger partial charge >= 0.3 is 5.82 Å². The second kappa shape index (κ2) is 8.81. The van der Waals surface area contributed by atoms with Gasteiger partial charge in [0.15, 0.2) is 11.5 Å². The molecule has 0 fully saturated rings. The third kappa shape index (κ3) is 4.48. The van der Waals surface area contributed by atoms with Crippen LogP contribution in [0.4, 0.5) is 11.6 Å². The number of nitro groups is 1. The van der Waals surface area contributed by atoms with E-state index in [0.717, 1.165) is 5.56 Å². The summed E-state index contributed by atoms with van der Waals surface area (Å²) in [6.07, 6.45) is 3.00. The second-order valence-electron chi connectivity index (χ2n) is 6.76. The highest BCUT2D eigenvalue weighted by molar-refractivity contribution is 6.33. The van der Waals surface area contributed by atoms with Gasteiger partial charge in [-0.3, -0.25) is 9.48 Å². The summed E-state index contributed by atoms with van der Waals surface area (Å²) in [6.45, 7) is 2.05. The standard InChI is InChI=1S/C19H15Cl2N7O4/c1-11-13(9-26-7-6-16(23-26)28(30)31)17(25-32-11)19(29)22-18-15(21)10-27(24-18)8-12-4-2-3-5-14(12)20/h2-7,10H,8-9H2,1H3,(H,22,24,29). The van der Waals surface area contributed by atoms with E-state index in [9.17, 15) is 14.9 Å². The van der Waals surface area contributed by atoms with Crippen molar-refractivity contribution < 1.29 is 14.2 Å². The second-order valence-corrected chi connectivity index (χ2v) is 7.58. The normalized spacial score (nSPS) is 11.0. The van der Waals surface area contributed by atoms with E-state index in [1.54, 1.807) is 23.9 Å². The van der Waals surface area contributed by atoms with Gasteiger partial charge in [0.1, 0.15) is 10.8 Å². The largest absolute Gasteiger partial charge is 0.389 e. The van der Waals surface area contributed by atoms with Crippen LogP contribution in [0.15, 0.2) is 47.2 Å². The number of carbonyl (C=O) groups is 1. The Morgan fingerprint density at radius 3 is 2.66 bits per heavy atom. The SMILES string of the molecule is Cc1onc(C(=O)Nc2nn(Cc3ccccc3Cl)cc2Cl)c1Cn1ccc([N+](=O)[O-])n1. The Balaban J connectivity index is 1.52. The molecule has 3 heterocycles. The van der Waals surface area contributed by atoms with Crippen molar-refractivity contribution in [3.63, 3.8) is 0 Å². The minimum atomic E-state index is -0.606. The van der Waals surface area contributed by atoms with Crippen LogP contribution >= 0.6 is 23.2 Å². The Bertz CT molecular complexity index is 1310. The Kier molecular flexibility index (Phi) is 5.93. The number of hydrogen-bond acceptors (Lipinski definition) is 7. The van der Waals surface area contributed by atoms with Gasteiger partial charge in [-0.2, -0.15) is 9.78 Å². The molecule has 0 unspecified atom stereocenters. The van der Waals surface area contributed by atoms with Crippen molar-refractivity contribution in [2.45, 2.75) is 20.0 Å². The first-order chi connectivity index (χ1) is 15.3. The zero-order valence-electron chi connectivity index (χ0n) is 16.5. The number of nitrogens with one attached hydrogen (secondary N) is 1. The average Bonchev–Trinajstić information content (AvgIpc) is 3.45. The van der Waals surface area contributed by atoms with Crippen LogP contribution < -0.4 is 5.32 Å². The molecule has 32 heavy (non-hydrogen) atoms. The number of halogens is 2. The van der Waals surface area contributed by atoms with Gasteiger partial charge in [-0.05, 0) is 23.5 Å². The molecule has 164 valence electrons. The van der Waals surface area contributed by atoms with Crippen LogP contribution in [-0.2, 0) is 13.1 Å². The Labute approximate surface area is 190 Å². The maximum atomic E-state index is 12.8. The van der Waals surface area contributed by atoms with E-state index in [0.29, 0.717) is 22.9 Å². The predicted molar refractivity (Wildman–Crippen MR) is 115 cm³/mol. The molecule has 0 saturated heterocycles. The van der Waals surface area contributed by atoms with Gasteiger partial charge in [-0.1, -0.05) is 46.6 Å². The number of carbonyl (C=O) groups excluding carboxylic acids is 1. The monoisotopic (exact) mass is 475 g/mol. The van der Waals surface area contributed by atoms with Crippen LogP contribution in [0.25, 0.3) is 0 Å². The molecule has 0 saturated carbocycles. The summed E-state index contributed by atoms with van der Waals surface area (Å²) in [6, 6.07) is 8.58. The van der Waals surface area contributed by atoms with Crippen LogP contribution in [0.5, 0.6) is 0 Å². The van der Waals surface area contributed by atoms with Crippen LogP contribution in [0.1, 0.15) is 27.4 Å². The fourth-order valence-corrected chi connectivity index (χ4v) is 3.38. The summed E-state index contributed by atoms with van der Waals surface area (Å²) >= 11 is 12.4. The summed E-state index contributed by atoms with van der Waals surface area (Å²) in [5.41, 5.74) is 1.26. The number of rotatable bonds is 7. The average molecular weight is 476 g/mol. The van der Waals surface area contributed by atoms with E-state index in [-0.39, 0.29) is 28.9 Å². The van der Waals surface area contributed by atoms with Gasteiger partial charge in [0, 0.05) is 11.2 Å². The highest BCUT2D eigenvalue weighted by atomic mass is 35.5. The zero-order valence-corrected chi connectivity index (χ0v) is 18.0. The molecule has 4 aromatic rings. The first-order valence-electron chi connectivity index (χ1n) is 9.22. The molecule has 0 aliphatic carbocycles. The Hall–Kier alpha value is -3.70. The van der Waals surface area contributed by atoms with E-state index in [4.69, 9.17) is 27.7 Å². The fourth-order valence-electron chi connectivity index (χ4n) is 2.98. The van der Waals surface area contributed by atoms with Crippen molar-refractivity contribution in [3.8, 4) is 0 Å². The van der Waals surface area contributed by atoms with E-state index in [1.807, 2.05) is 18.2 Å². The molecule has 0 atom stereocenters. The minimum absolute atomic E-state index is 0.00243. The molecule has 0 spiro atoms. The van der Waals surface area contributed by atoms with Crippen molar-refractivity contribution in [3.05, 3.63) is 85.5 Å². The number of aryl methyl sites for hydroxylation is 1. The minimum Gasteiger partial charge on any atom is -0.361 e. The molecule has 13 heteroatoms.